The molecule has 3 N–H and O–H groups in total. The summed E-state index contributed by atoms with van der Waals surface area (Å²) < 4.78 is 27.5. The largest absolute Gasteiger partial charge is 0.377 e. The van der Waals surface area contributed by atoms with Gasteiger partial charge in [0.05, 0.1) is 12.2 Å². The highest BCUT2D eigenvalue weighted by atomic mass is 32.2. The molecule has 1 aromatic carbocycles. The molecular weight excluding hydrogens is 256 g/mol. The Morgan fingerprint density at radius 1 is 1.39 bits per heavy atom. The first kappa shape index (κ1) is 12.5. The standard InChI is InChI=1S/C10H12N4O3S/c1-7-13-10(14-17-7)6-12-8-4-2-3-5-9(8)18(11,15)16/h2-5,12H,6H2,1H3,(H2,11,15,16). The molecule has 0 amide bonds. The quantitative estimate of drug-likeness (QED) is 0.841. The highest BCUT2D eigenvalue weighted by molar-refractivity contribution is 7.89. The van der Waals surface area contributed by atoms with Gasteiger partial charge in [-0.3, -0.25) is 0 Å². The fourth-order valence-electron chi connectivity index (χ4n) is 1.45. The van der Waals surface area contributed by atoms with Crippen molar-refractivity contribution in [3.05, 3.63) is 36.0 Å². The van der Waals surface area contributed by atoms with E-state index in [2.05, 4.69) is 15.5 Å². The number of nitrogens with two attached hydrogens (primary N) is 1. The van der Waals surface area contributed by atoms with E-state index >= 15 is 0 Å². The maximum absolute atomic E-state index is 11.4. The maximum atomic E-state index is 11.4. The van der Waals surface area contributed by atoms with Crippen LogP contribution in [0.25, 0.3) is 0 Å². The molecule has 0 saturated heterocycles. The van der Waals surface area contributed by atoms with E-state index in [1.807, 2.05) is 0 Å². The molecule has 18 heavy (non-hydrogen) atoms. The van der Waals surface area contributed by atoms with Gasteiger partial charge < -0.3 is 9.84 Å². The Morgan fingerprint density at radius 2 is 2.11 bits per heavy atom. The number of benzene rings is 1. The minimum Gasteiger partial charge on any atom is -0.377 e. The lowest BCUT2D eigenvalue weighted by Gasteiger charge is -2.08. The summed E-state index contributed by atoms with van der Waals surface area (Å²) in [6.07, 6.45) is 0. The summed E-state index contributed by atoms with van der Waals surface area (Å²) >= 11 is 0. The molecule has 0 bridgehead atoms. The van der Waals surface area contributed by atoms with E-state index in [4.69, 9.17) is 9.66 Å². The number of nitrogens with one attached hydrogen (secondary N) is 1. The predicted octanol–water partition coefficient (Wildman–Crippen LogP) is 0.638. The number of hydrogen-bond donors (Lipinski definition) is 2. The fraction of sp³-hybridized carbons (Fsp3) is 0.200. The van der Waals surface area contributed by atoms with Crippen LogP contribution in [0.1, 0.15) is 11.7 Å². The van der Waals surface area contributed by atoms with Gasteiger partial charge in [0, 0.05) is 6.92 Å². The lowest BCUT2D eigenvalue weighted by Crippen LogP contribution is -2.15. The van der Waals surface area contributed by atoms with Crippen LogP contribution < -0.4 is 10.5 Å². The van der Waals surface area contributed by atoms with Crippen LogP contribution in [0, 0.1) is 6.92 Å². The molecule has 8 heteroatoms. The van der Waals surface area contributed by atoms with Gasteiger partial charge in [0.15, 0.2) is 5.82 Å². The summed E-state index contributed by atoms with van der Waals surface area (Å²) in [7, 11) is -3.76. The van der Waals surface area contributed by atoms with Crippen LogP contribution in [0.3, 0.4) is 0 Å². The smallest absolute Gasteiger partial charge is 0.240 e. The molecule has 96 valence electrons. The molecule has 0 saturated carbocycles. The molecule has 0 spiro atoms. The van der Waals surface area contributed by atoms with Crippen molar-refractivity contribution in [2.24, 2.45) is 5.14 Å². The highest BCUT2D eigenvalue weighted by Gasteiger charge is 2.13. The van der Waals surface area contributed by atoms with Crippen LogP contribution in [0.15, 0.2) is 33.7 Å². The second kappa shape index (κ2) is 4.75. The summed E-state index contributed by atoms with van der Waals surface area (Å²) in [6, 6.07) is 6.35. The third kappa shape index (κ3) is 2.84. The van der Waals surface area contributed by atoms with Crippen molar-refractivity contribution >= 4 is 15.7 Å². The molecule has 0 fully saturated rings. The van der Waals surface area contributed by atoms with Gasteiger partial charge in [0.2, 0.25) is 15.9 Å². The molecule has 0 unspecified atom stereocenters. The number of hydrogen-bond acceptors (Lipinski definition) is 6. The van der Waals surface area contributed by atoms with Gasteiger partial charge in [-0.2, -0.15) is 4.98 Å². The third-order valence-electron chi connectivity index (χ3n) is 2.20. The van der Waals surface area contributed by atoms with Crippen molar-refractivity contribution in [1.29, 1.82) is 0 Å². The predicted molar refractivity (Wildman–Crippen MR) is 64.2 cm³/mol. The zero-order valence-electron chi connectivity index (χ0n) is 9.62. The normalized spacial score (nSPS) is 11.4. The van der Waals surface area contributed by atoms with E-state index in [9.17, 15) is 8.42 Å². The third-order valence-corrected chi connectivity index (χ3v) is 3.17. The molecule has 0 aliphatic heterocycles. The van der Waals surface area contributed by atoms with Gasteiger partial charge in [-0.05, 0) is 12.1 Å². The van der Waals surface area contributed by atoms with Gasteiger partial charge in [-0.25, -0.2) is 13.6 Å². The molecule has 2 rings (SSSR count). The van der Waals surface area contributed by atoms with E-state index in [0.29, 0.717) is 17.4 Å². The van der Waals surface area contributed by atoms with E-state index in [0.717, 1.165) is 0 Å². The first-order chi connectivity index (χ1) is 8.47. The summed E-state index contributed by atoms with van der Waals surface area (Å²) in [5.41, 5.74) is 0.405. The van der Waals surface area contributed by atoms with Crippen molar-refractivity contribution in [3.8, 4) is 0 Å². The zero-order valence-corrected chi connectivity index (χ0v) is 10.4. The van der Waals surface area contributed by atoms with Crippen LogP contribution in [0.5, 0.6) is 0 Å². The van der Waals surface area contributed by atoms with Crippen LogP contribution in [-0.4, -0.2) is 18.6 Å². The van der Waals surface area contributed by atoms with Crippen LogP contribution in [0.4, 0.5) is 5.69 Å². The number of rotatable bonds is 4. The number of primary sulfonamides is 1. The zero-order chi connectivity index (χ0) is 13.2. The number of sulfonamides is 1. The molecular formula is C10H12N4O3S. The topological polar surface area (TPSA) is 111 Å². The van der Waals surface area contributed by atoms with Crippen LogP contribution in [-0.2, 0) is 16.6 Å². The number of para-hydroxylation sites is 1. The monoisotopic (exact) mass is 268 g/mol. The average molecular weight is 268 g/mol. The van der Waals surface area contributed by atoms with Crippen molar-refractivity contribution in [2.75, 3.05) is 5.32 Å². The van der Waals surface area contributed by atoms with Gasteiger partial charge in [-0.1, -0.05) is 17.3 Å². The van der Waals surface area contributed by atoms with Crippen molar-refractivity contribution < 1.29 is 12.9 Å². The Balaban J connectivity index is 2.20. The summed E-state index contributed by atoms with van der Waals surface area (Å²) in [5.74, 6) is 0.892. The molecule has 0 radical (unpaired) electrons. The summed E-state index contributed by atoms with van der Waals surface area (Å²) in [5, 5.41) is 11.7. The average Bonchev–Trinajstić information content (AvgIpc) is 2.72. The second-order valence-electron chi connectivity index (χ2n) is 3.62. The van der Waals surface area contributed by atoms with Crippen molar-refractivity contribution in [2.45, 2.75) is 18.4 Å². The molecule has 0 aliphatic rings. The molecule has 7 nitrogen and oxygen atoms in total. The van der Waals surface area contributed by atoms with E-state index < -0.39 is 10.0 Å². The fourth-order valence-corrected chi connectivity index (χ4v) is 2.16. The van der Waals surface area contributed by atoms with E-state index in [-0.39, 0.29) is 11.4 Å². The Bertz CT molecular complexity index is 651. The van der Waals surface area contributed by atoms with Gasteiger partial charge in [0.25, 0.3) is 0 Å². The van der Waals surface area contributed by atoms with Gasteiger partial charge >= 0.3 is 0 Å². The summed E-state index contributed by atoms with van der Waals surface area (Å²) in [4.78, 5) is 4.03. The molecule has 0 aliphatic carbocycles. The minimum atomic E-state index is -3.76. The number of aryl methyl sites for hydroxylation is 1. The van der Waals surface area contributed by atoms with Crippen molar-refractivity contribution in [1.82, 2.24) is 10.1 Å². The minimum absolute atomic E-state index is 0.0326. The number of anilines is 1. The lowest BCUT2D eigenvalue weighted by molar-refractivity contribution is 0.388. The Labute approximate surface area is 104 Å². The van der Waals surface area contributed by atoms with E-state index in [1.165, 1.54) is 6.07 Å². The SMILES string of the molecule is Cc1nc(CNc2ccccc2S(N)(=O)=O)no1. The molecule has 1 aromatic heterocycles. The van der Waals surface area contributed by atoms with Crippen molar-refractivity contribution in [3.63, 3.8) is 0 Å². The van der Waals surface area contributed by atoms with Gasteiger partial charge in [-0.15, -0.1) is 0 Å². The maximum Gasteiger partial charge on any atom is 0.240 e. The second-order valence-corrected chi connectivity index (χ2v) is 5.15. The number of nitrogens with zero attached hydrogens (tertiary/aromatic N) is 2. The van der Waals surface area contributed by atoms with Crippen LogP contribution >= 0.6 is 0 Å². The van der Waals surface area contributed by atoms with E-state index in [1.54, 1.807) is 25.1 Å². The van der Waals surface area contributed by atoms with Crippen LogP contribution in [0.2, 0.25) is 0 Å². The molecule has 0 atom stereocenters. The first-order valence-electron chi connectivity index (χ1n) is 5.12. The summed E-state index contributed by atoms with van der Waals surface area (Å²) in [6.45, 7) is 1.93. The lowest BCUT2D eigenvalue weighted by atomic mass is 10.3. The Morgan fingerprint density at radius 3 is 2.72 bits per heavy atom. The Kier molecular flexibility index (Phi) is 3.30. The number of aromatic nitrogens is 2. The Hall–Kier alpha value is -1.93. The molecule has 1 heterocycles. The highest BCUT2D eigenvalue weighted by Crippen LogP contribution is 2.19. The first-order valence-corrected chi connectivity index (χ1v) is 6.66. The van der Waals surface area contributed by atoms with Gasteiger partial charge in [0.1, 0.15) is 4.90 Å². The molecule has 2 aromatic rings.